The van der Waals surface area contributed by atoms with Gasteiger partial charge in [-0.3, -0.25) is 0 Å². The number of aromatic nitrogens is 1. The lowest BCUT2D eigenvalue weighted by atomic mass is 10.0. The van der Waals surface area contributed by atoms with E-state index in [2.05, 4.69) is 69.3 Å². The Balaban J connectivity index is 2.21. The molecular formula is C18H17N. The van der Waals surface area contributed by atoms with E-state index in [-0.39, 0.29) is 0 Å². The van der Waals surface area contributed by atoms with Crippen molar-refractivity contribution in [2.24, 2.45) is 0 Å². The molecule has 1 aromatic heterocycles. The summed E-state index contributed by atoms with van der Waals surface area (Å²) in [4.78, 5) is 4.82. The molecule has 19 heavy (non-hydrogen) atoms. The number of rotatable bonds is 1. The van der Waals surface area contributed by atoms with Gasteiger partial charge in [0.25, 0.3) is 0 Å². The van der Waals surface area contributed by atoms with Crippen LogP contribution in [0.2, 0.25) is 0 Å². The van der Waals surface area contributed by atoms with Gasteiger partial charge in [0.15, 0.2) is 0 Å². The molecule has 0 radical (unpaired) electrons. The first-order valence-electron chi connectivity index (χ1n) is 6.58. The van der Waals surface area contributed by atoms with Gasteiger partial charge in [-0.1, -0.05) is 41.5 Å². The molecule has 0 aliphatic carbocycles. The predicted octanol–water partition coefficient (Wildman–Crippen LogP) is 4.83. The number of nitrogens with zero attached hydrogens (tertiary/aromatic N) is 1. The first-order chi connectivity index (χ1) is 9.13. The van der Waals surface area contributed by atoms with E-state index in [1.54, 1.807) is 0 Å². The molecule has 1 heteroatoms. The van der Waals surface area contributed by atoms with Gasteiger partial charge in [-0.15, -0.1) is 0 Å². The highest BCUT2D eigenvalue weighted by atomic mass is 14.7. The number of benzene rings is 2. The van der Waals surface area contributed by atoms with Gasteiger partial charge in [0, 0.05) is 10.9 Å². The molecule has 0 fully saturated rings. The van der Waals surface area contributed by atoms with Crippen LogP contribution in [0.1, 0.15) is 16.7 Å². The molecule has 0 atom stereocenters. The van der Waals surface area contributed by atoms with Crippen LogP contribution in [0.3, 0.4) is 0 Å². The van der Waals surface area contributed by atoms with Gasteiger partial charge in [0.05, 0.1) is 11.2 Å². The zero-order valence-corrected chi connectivity index (χ0v) is 11.6. The third-order valence-electron chi connectivity index (χ3n) is 3.49. The van der Waals surface area contributed by atoms with Crippen molar-refractivity contribution in [1.29, 1.82) is 0 Å². The maximum absolute atomic E-state index is 4.82. The second-order valence-corrected chi connectivity index (χ2v) is 5.22. The van der Waals surface area contributed by atoms with E-state index in [1.807, 2.05) is 0 Å². The van der Waals surface area contributed by atoms with Gasteiger partial charge in [-0.2, -0.15) is 0 Å². The van der Waals surface area contributed by atoms with Crippen molar-refractivity contribution in [2.45, 2.75) is 20.8 Å². The minimum absolute atomic E-state index is 1.06. The third-order valence-corrected chi connectivity index (χ3v) is 3.49. The van der Waals surface area contributed by atoms with Gasteiger partial charge < -0.3 is 0 Å². The van der Waals surface area contributed by atoms with Crippen LogP contribution in [0.15, 0.2) is 48.5 Å². The largest absolute Gasteiger partial charge is 0.248 e. The SMILES string of the molecule is Cc1ccc(-c2nc3ccc(C)cc3cc2C)cc1. The number of fused-ring (bicyclic) bond motifs is 1. The summed E-state index contributed by atoms with van der Waals surface area (Å²) in [6.07, 6.45) is 0. The fourth-order valence-corrected chi connectivity index (χ4v) is 2.41. The van der Waals surface area contributed by atoms with Crippen LogP contribution < -0.4 is 0 Å². The van der Waals surface area contributed by atoms with E-state index in [0.29, 0.717) is 0 Å². The van der Waals surface area contributed by atoms with Crippen LogP contribution in [0.5, 0.6) is 0 Å². The number of hydrogen-bond acceptors (Lipinski definition) is 1. The smallest absolute Gasteiger partial charge is 0.0738 e. The average Bonchev–Trinajstić information content (AvgIpc) is 2.39. The van der Waals surface area contributed by atoms with Gasteiger partial charge in [0.1, 0.15) is 0 Å². The summed E-state index contributed by atoms with van der Waals surface area (Å²) in [5, 5.41) is 1.22. The van der Waals surface area contributed by atoms with Crippen LogP contribution in [-0.4, -0.2) is 4.98 Å². The minimum atomic E-state index is 1.06. The summed E-state index contributed by atoms with van der Waals surface area (Å²) in [5.41, 5.74) is 7.10. The normalized spacial score (nSPS) is 10.9. The maximum Gasteiger partial charge on any atom is 0.0738 e. The van der Waals surface area contributed by atoms with Crippen molar-refractivity contribution in [3.8, 4) is 11.3 Å². The van der Waals surface area contributed by atoms with E-state index >= 15 is 0 Å². The Morgan fingerprint density at radius 1 is 0.737 bits per heavy atom. The monoisotopic (exact) mass is 247 g/mol. The molecule has 94 valence electrons. The average molecular weight is 247 g/mol. The molecule has 0 aliphatic rings. The van der Waals surface area contributed by atoms with E-state index in [9.17, 15) is 0 Å². The van der Waals surface area contributed by atoms with Crippen LogP contribution >= 0.6 is 0 Å². The Labute approximate surface area is 113 Å². The Bertz CT molecular complexity index is 739. The standard InChI is InChI=1S/C18H17N/c1-12-4-7-15(8-5-12)18-14(3)11-16-10-13(2)6-9-17(16)19-18/h4-11H,1-3H3. The topological polar surface area (TPSA) is 12.9 Å². The summed E-state index contributed by atoms with van der Waals surface area (Å²) in [6.45, 7) is 6.35. The van der Waals surface area contributed by atoms with Gasteiger partial charge in [-0.25, -0.2) is 4.98 Å². The van der Waals surface area contributed by atoms with Crippen molar-refractivity contribution >= 4 is 10.9 Å². The zero-order valence-electron chi connectivity index (χ0n) is 11.6. The Morgan fingerprint density at radius 3 is 2.16 bits per heavy atom. The first kappa shape index (κ1) is 11.9. The quantitative estimate of drug-likeness (QED) is 0.600. The van der Waals surface area contributed by atoms with Gasteiger partial charge >= 0.3 is 0 Å². The summed E-state index contributed by atoms with van der Waals surface area (Å²) in [5.74, 6) is 0. The molecule has 0 spiro atoms. The van der Waals surface area contributed by atoms with Crippen molar-refractivity contribution in [3.63, 3.8) is 0 Å². The molecule has 0 amide bonds. The van der Waals surface area contributed by atoms with E-state index in [1.165, 1.54) is 27.6 Å². The van der Waals surface area contributed by atoms with Crippen molar-refractivity contribution in [2.75, 3.05) is 0 Å². The lowest BCUT2D eigenvalue weighted by Crippen LogP contribution is -1.90. The lowest BCUT2D eigenvalue weighted by Gasteiger charge is -2.08. The highest BCUT2D eigenvalue weighted by molar-refractivity contribution is 5.83. The molecule has 3 rings (SSSR count). The molecule has 0 N–H and O–H groups in total. The van der Waals surface area contributed by atoms with Crippen LogP contribution in [0, 0.1) is 20.8 Å². The molecule has 3 aromatic rings. The van der Waals surface area contributed by atoms with E-state index in [0.717, 1.165) is 11.2 Å². The molecule has 2 aromatic carbocycles. The summed E-state index contributed by atoms with van der Waals surface area (Å²) in [7, 11) is 0. The predicted molar refractivity (Wildman–Crippen MR) is 81.4 cm³/mol. The molecule has 0 bridgehead atoms. The van der Waals surface area contributed by atoms with Gasteiger partial charge in [0.2, 0.25) is 0 Å². The number of pyridine rings is 1. The van der Waals surface area contributed by atoms with E-state index < -0.39 is 0 Å². The van der Waals surface area contributed by atoms with Crippen molar-refractivity contribution in [3.05, 3.63) is 65.2 Å². The van der Waals surface area contributed by atoms with Crippen molar-refractivity contribution in [1.82, 2.24) is 4.98 Å². The summed E-state index contributed by atoms with van der Waals surface area (Å²) < 4.78 is 0. The number of aryl methyl sites for hydroxylation is 3. The second-order valence-electron chi connectivity index (χ2n) is 5.22. The summed E-state index contributed by atoms with van der Waals surface area (Å²) >= 11 is 0. The molecular weight excluding hydrogens is 230 g/mol. The van der Waals surface area contributed by atoms with E-state index in [4.69, 9.17) is 4.98 Å². The van der Waals surface area contributed by atoms with Crippen molar-refractivity contribution < 1.29 is 0 Å². The molecule has 1 heterocycles. The Morgan fingerprint density at radius 2 is 1.42 bits per heavy atom. The molecule has 1 nitrogen and oxygen atoms in total. The highest BCUT2D eigenvalue weighted by Crippen LogP contribution is 2.25. The Kier molecular flexibility index (Phi) is 2.83. The third kappa shape index (κ3) is 2.24. The van der Waals surface area contributed by atoms with Crippen LogP contribution in [0.4, 0.5) is 0 Å². The van der Waals surface area contributed by atoms with Crippen LogP contribution in [-0.2, 0) is 0 Å². The second kappa shape index (κ2) is 4.51. The molecule has 0 saturated carbocycles. The maximum atomic E-state index is 4.82. The number of hydrogen-bond donors (Lipinski definition) is 0. The zero-order chi connectivity index (χ0) is 13.4. The highest BCUT2D eigenvalue weighted by Gasteiger charge is 2.06. The Hall–Kier alpha value is -2.15. The molecule has 0 unspecified atom stereocenters. The van der Waals surface area contributed by atoms with Gasteiger partial charge in [-0.05, 0) is 44.5 Å². The van der Waals surface area contributed by atoms with Crippen LogP contribution in [0.25, 0.3) is 22.2 Å². The fraction of sp³-hybridized carbons (Fsp3) is 0.167. The molecule has 0 saturated heterocycles. The molecule has 0 aliphatic heterocycles. The first-order valence-corrected chi connectivity index (χ1v) is 6.58. The fourth-order valence-electron chi connectivity index (χ4n) is 2.41. The minimum Gasteiger partial charge on any atom is -0.248 e. The summed E-state index contributed by atoms with van der Waals surface area (Å²) in [6, 6.07) is 17.2. The lowest BCUT2D eigenvalue weighted by molar-refractivity contribution is 1.32.